The highest BCUT2D eigenvalue weighted by Crippen LogP contribution is 2.39. The Labute approximate surface area is 226 Å². The van der Waals surface area contributed by atoms with Crippen molar-refractivity contribution in [3.8, 4) is 0 Å². The number of ether oxygens (including phenoxy) is 1. The molecule has 2 aromatic rings. The number of carbonyl (C=O) groups excluding carboxylic acids is 3. The van der Waals surface area contributed by atoms with Gasteiger partial charge in [0.25, 0.3) is 0 Å². The van der Waals surface area contributed by atoms with E-state index in [0.717, 1.165) is 5.56 Å². The third-order valence-electron chi connectivity index (χ3n) is 6.63. The monoisotopic (exact) mass is 573 g/mol. The number of likely N-dealkylation sites (tertiary alicyclic amines) is 1. The molecule has 0 aromatic heterocycles. The maximum Gasteiger partial charge on any atom is 0.416 e. The fraction of sp³-hybridized carbons (Fsp3) is 0.444. The Morgan fingerprint density at radius 3 is 2.10 bits per heavy atom. The van der Waals surface area contributed by atoms with Gasteiger partial charge in [-0.25, -0.2) is 0 Å². The first-order chi connectivity index (χ1) is 18.6. The first-order valence-corrected chi connectivity index (χ1v) is 12.4. The third-order valence-corrected chi connectivity index (χ3v) is 6.63. The van der Waals surface area contributed by atoms with Crippen LogP contribution < -0.4 is 11.1 Å². The van der Waals surface area contributed by atoms with Gasteiger partial charge in [-0.1, -0.05) is 30.3 Å². The fourth-order valence-electron chi connectivity index (χ4n) is 4.74. The molecule has 4 atom stereocenters. The van der Waals surface area contributed by atoms with Crippen LogP contribution in [0, 0.1) is 0 Å². The molecule has 0 aliphatic carbocycles. The van der Waals surface area contributed by atoms with Crippen LogP contribution in [-0.4, -0.2) is 47.9 Å². The average molecular weight is 574 g/mol. The minimum absolute atomic E-state index is 0.0602. The SMILES string of the molecule is CC(=O)N[C@H](CC(N)=O)C(=O)N1CC[C@H](O[C@H](C)c2cc(C(F)(F)F)cc(C(F)(F)F)c2)[C@H](c2ccccc2)C1. The van der Waals surface area contributed by atoms with Gasteiger partial charge in [-0.15, -0.1) is 0 Å². The zero-order valence-electron chi connectivity index (χ0n) is 21.7. The van der Waals surface area contributed by atoms with Crippen molar-refractivity contribution in [1.29, 1.82) is 0 Å². The molecule has 2 aromatic carbocycles. The number of rotatable bonds is 8. The molecule has 1 aliphatic rings. The summed E-state index contributed by atoms with van der Waals surface area (Å²) in [5, 5.41) is 2.42. The van der Waals surface area contributed by atoms with E-state index in [1.54, 1.807) is 30.3 Å². The van der Waals surface area contributed by atoms with Gasteiger partial charge < -0.3 is 20.7 Å². The standard InChI is InChI=1S/C27H29F6N3O4/c1-15(18-10-19(26(28,29)30)12-20(11-18)27(31,32)33)40-23-8-9-36(14-21(23)17-6-4-3-5-7-17)25(39)22(13-24(34)38)35-16(2)37/h3-7,10-12,15,21-23H,8-9,13-14H2,1-2H3,(H2,34,38)(H,35,37)/t15-,21+,22-,23+/m1/s1. The number of carbonyl (C=O) groups is 3. The zero-order chi connectivity index (χ0) is 29.8. The van der Waals surface area contributed by atoms with Crippen molar-refractivity contribution >= 4 is 17.7 Å². The van der Waals surface area contributed by atoms with Crippen molar-refractivity contribution in [2.45, 2.75) is 63.2 Å². The number of nitrogens with one attached hydrogen (secondary N) is 1. The molecule has 218 valence electrons. The summed E-state index contributed by atoms with van der Waals surface area (Å²) in [5.41, 5.74) is 2.80. The van der Waals surface area contributed by atoms with Gasteiger partial charge in [-0.3, -0.25) is 14.4 Å². The van der Waals surface area contributed by atoms with E-state index in [4.69, 9.17) is 10.5 Å². The smallest absolute Gasteiger partial charge is 0.370 e. The Hall–Kier alpha value is -3.61. The van der Waals surface area contributed by atoms with Crippen molar-refractivity contribution in [3.05, 3.63) is 70.8 Å². The average Bonchev–Trinajstić information content (AvgIpc) is 2.86. The normalized spacial score (nSPS) is 19.6. The van der Waals surface area contributed by atoms with E-state index in [1.807, 2.05) is 0 Å². The molecule has 3 N–H and O–H groups in total. The number of alkyl halides is 6. The number of hydrogen-bond acceptors (Lipinski definition) is 4. The molecule has 1 fully saturated rings. The molecule has 0 radical (unpaired) electrons. The molecule has 40 heavy (non-hydrogen) atoms. The second-order valence-electron chi connectivity index (χ2n) is 9.67. The highest BCUT2D eigenvalue weighted by atomic mass is 19.4. The maximum atomic E-state index is 13.4. The number of piperidine rings is 1. The predicted octanol–water partition coefficient (Wildman–Crippen LogP) is 4.57. The van der Waals surface area contributed by atoms with Gasteiger partial charge in [0, 0.05) is 25.9 Å². The van der Waals surface area contributed by atoms with Crippen LogP contribution in [-0.2, 0) is 31.5 Å². The third kappa shape index (κ3) is 7.96. The summed E-state index contributed by atoms with van der Waals surface area (Å²) in [5.74, 6) is -2.39. The Morgan fingerprint density at radius 1 is 1.02 bits per heavy atom. The molecule has 3 rings (SSSR count). The van der Waals surface area contributed by atoms with Crippen LogP contribution in [0.4, 0.5) is 26.3 Å². The number of primary amides is 1. The Kier molecular flexibility index (Phi) is 9.49. The predicted molar refractivity (Wildman–Crippen MR) is 132 cm³/mol. The molecular formula is C27H29F6N3O4. The van der Waals surface area contributed by atoms with E-state index in [-0.39, 0.29) is 31.1 Å². The minimum Gasteiger partial charge on any atom is -0.370 e. The summed E-state index contributed by atoms with van der Waals surface area (Å²) >= 11 is 0. The van der Waals surface area contributed by atoms with Gasteiger partial charge in [0.2, 0.25) is 17.7 Å². The van der Waals surface area contributed by atoms with Gasteiger partial charge in [0.15, 0.2) is 0 Å². The summed E-state index contributed by atoms with van der Waals surface area (Å²) in [6.07, 6.45) is -12.1. The molecule has 0 spiro atoms. The van der Waals surface area contributed by atoms with Gasteiger partial charge >= 0.3 is 12.4 Å². The van der Waals surface area contributed by atoms with Crippen LogP contribution in [0.3, 0.4) is 0 Å². The second-order valence-corrected chi connectivity index (χ2v) is 9.67. The lowest BCUT2D eigenvalue weighted by molar-refractivity contribution is -0.143. The molecule has 1 saturated heterocycles. The van der Waals surface area contributed by atoms with Crippen molar-refractivity contribution in [2.75, 3.05) is 13.1 Å². The number of nitrogens with two attached hydrogens (primary N) is 1. The van der Waals surface area contributed by atoms with Crippen LogP contribution in [0.2, 0.25) is 0 Å². The molecule has 13 heteroatoms. The number of halogens is 6. The molecular weight excluding hydrogens is 544 g/mol. The number of hydrogen-bond donors (Lipinski definition) is 2. The summed E-state index contributed by atoms with van der Waals surface area (Å²) in [6.45, 7) is 2.72. The van der Waals surface area contributed by atoms with Gasteiger partial charge in [-0.05, 0) is 42.7 Å². The summed E-state index contributed by atoms with van der Waals surface area (Å²) in [6, 6.07) is 8.92. The van der Waals surface area contributed by atoms with Gasteiger partial charge in [0.1, 0.15) is 6.04 Å². The van der Waals surface area contributed by atoms with Crippen LogP contribution in [0.5, 0.6) is 0 Å². The van der Waals surface area contributed by atoms with E-state index < -0.39 is 71.8 Å². The van der Waals surface area contributed by atoms with Crippen molar-refractivity contribution in [1.82, 2.24) is 10.2 Å². The van der Waals surface area contributed by atoms with E-state index in [0.29, 0.717) is 12.1 Å². The summed E-state index contributed by atoms with van der Waals surface area (Å²) in [4.78, 5) is 37.7. The quantitative estimate of drug-likeness (QED) is 0.452. The minimum atomic E-state index is -5.00. The molecule has 3 amide bonds. The number of amides is 3. The van der Waals surface area contributed by atoms with E-state index in [1.165, 1.54) is 18.7 Å². The molecule has 0 unspecified atom stereocenters. The first kappa shape index (κ1) is 30.9. The van der Waals surface area contributed by atoms with Gasteiger partial charge in [-0.2, -0.15) is 26.3 Å². The lowest BCUT2D eigenvalue weighted by Gasteiger charge is -2.41. The molecule has 7 nitrogen and oxygen atoms in total. The van der Waals surface area contributed by atoms with E-state index in [2.05, 4.69) is 5.32 Å². The Bertz CT molecular complexity index is 1170. The number of benzene rings is 2. The fourth-order valence-corrected chi connectivity index (χ4v) is 4.74. The summed E-state index contributed by atoms with van der Waals surface area (Å²) in [7, 11) is 0. The first-order valence-electron chi connectivity index (χ1n) is 12.4. The van der Waals surface area contributed by atoms with Crippen molar-refractivity contribution in [3.63, 3.8) is 0 Å². The van der Waals surface area contributed by atoms with E-state index >= 15 is 0 Å². The molecule has 1 heterocycles. The largest absolute Gasteiger partial charge is 0.416 e. The van der Waals surface area contributed by atoms with E-state index in [9.17, 15) is 40.7 Å². The zero-order valence-corrected chi connectivity index (χ0v) is 21.7. The highest BCUT2D eigenvalue weighted by molar-refractivity contribution is 5.91. The lowest BCUT2D eigenvalue weighted by atomic mass is 9.87. The molecule has 1 aliphatic heterocycles. The Balaban J connectivity index is 1.89. The maximum absolute atomic E-state index is 13.4. The Morgan fingerprint density at radius 2 is 1.60 bits per heavy atom. The van der Waals surface area contributed by atoms with Crippen molar-refractivity contribution in [2.24, 2.45) is 5.73 Å². The van der Waals surface area contributed by atoms with Crippen LogP contribution >= 0.6 is 0 Å². The molecule has 0 saturated carbocycles. The lowest BCUT2D eigenvalue weighted by Crippen LogP contribution is -2.54. The van der Waals surface area contributed by atoms with Crippen LogP contribution in [0.25, 0.3) is 0 Å². The second kappa shape index (κ2) is 12.3. The molecule has 0 bridgehead atoms. The summed E-state index contributed by atoms with van der Waals surface area (Å²) < 4.78 is 86.4. The van der Waals surface area contributed by atoms with Crippen molar-refractivity contribution < 1.29 is 45.5 Å². The van der Waals surface area contributed by atoms with Gasteiger partial charge in [0.05, 0.1) is 29.8 Å². The van der Waals surface area contributed by atoms with Crippen LogP contribution in [0.1, 0.15) is 61.0 Å². The number of nitrogens with zero attached hydrogens (tertiary/aromatic N) is 1. The topological polar surface area (TPSA) is 102 Å². The van der Waals surface area contributed by atoms with Crippen LogP contribution in [0.15, 0.2) is 48.5 Å². The highest BCUT2D eigenvalue weighted by Gasteiger charge is 2.39.